The topological polar surface area (TPSA) is 12.0 Å². The van der Waals surface area contributed by atoms with Gasteiger partial charge in [-0.25, -0.2) is 0 Å². The zero-order chi connectivity index (χ0) is 13.2. The highest BCUT2D eigenvalue weighted by atomic mass is 35.5. The van der Waals surface area contributed by atoms with Crippen LogP contribution in [0.1, 0.15) is 57.6 Å². The lowest BCUT2D eigenvalue weighted by molar-refractivity contribution is 0.224. The molecule has 1 atom stereocenters. The van der Waals surface area contributed by atoms with Crippen LogP contribution in [0.25, 0.3) is 0 Å². The molecule has 102 valence electrons. The molecule has 1 saturated carbocycles. The van der Waals surface area contributed by atoms with Gasteiger partial charge in [-0.3, -0.25) is 0 Å². The van der Waals surface area contributed by atoms with E-state index < -0.39 is 0 Å². The van der Waals surface area contributed by atoms with Crippen molar-refractivity contribution < 1.29 is 0 Å². The molecule has 1 fully saturated rings. The third-order valence-electron chi connectivity index (χ3n) is 4.04. The van der Waals surface area contributed by atoms with E-state index in [2.05, 4.69) is 19.2 Å². The lowest BCUT2D eigenvalue weighted by Crippen LogP contribution is -2.34. The van der Waals surface area contributed by atoms with Gasteiger partial charge in [0.05, 0.1) is 8.67 Å². The molecule has 0 aliphatic heterocycles. The molecule has 0 amide bonds. The Hall–Kier alpha value is 0.240. The molecule has 0 spiro atoms. The van der Waals surface area contributed by atoms with Crippen molar-refractivity contribution in [2.24, 2.45) is 5.41 Å². The van der Waals surface area contributed by atoms with Crippen LogP contribution in [0.3, 0.4) is 0 Å². The fourth-order valence-corrected chi connectivity index (χ4v) is 4.57. The van der Waals surface area contributed by atoms with Crippen LogP contribution in [-0.2, 0) is 0 Å². The van der Waals surface area contributed by atoms with Crippen molar-refractivity contribution in [2.45, 2.75) is 52.0 Å². The SMILES string of the molecule is CCCNC(c1cc(Cl)sc1Cl)C1(C)CCCC1. The normalized spacial score (nSPS) is 20.2. The van der Waals surface area contributed by atoms with Crippen LogP contribution in [0.2, 0.25) is 8.67 Å². The summed E-state index contributed by atoms with van der Waals surface area (Å²) in [6, 6.07) is 2.39. The van der Waals surface area contributed by atoms with E-state index in [-0.39, 0.29) is 0 Å². The van der Waals surface area contributed by atoms with E-state index in [1.165, 1.54) is 42.6 Å². The highest BCUT2D eigenvalue weighted by Crippen LogP contribution is 2.50. The number of nitrogens with one attached hydrogen (secondary N) is 1. The molecule has 1 nitrogen and oxygen atoms in total. The number of halogens is 2. The van der Waals surface area contributed by atoms with E-state index in [0.29, 0.717) is 11.5 Å². The predicted molar refractivity (Wildman–Crippen MR) is 81.9 cm³/mol. The maximum atomic E-state index is 6.35. The first-order valence-electron chi connectivity index (χ1n) is 6.75. The lowest BCUT2D eigenvalue weighted by Gasteiger charge is -2.35. The van der Waals surface area contributed by atoms with Crippen LogP contribution in [0, 0.1) is 5.41 Å². The van der Waals surface area contributed by atoms with Crippen LogP contribution in [0.4, 0.5) is 0 Å². The first kappa shape index (κ1) is 14.6. The van der Waals surface area contributed by atoms with Crippen LogP contribution in [0.15, 0.2) is 6.07 Å². The van der Waals surface area contributed by atoms with E-state index in [4.69, 9.17) is 23.2 Å². The van der Waals surface area contributed by atoms with Gasteiger partial charge in [-0.1, -0.05) is 49.9 Å². The molecule has 1 aromatic rings. The Balaban J connectivity index is 2.27. The quantitative estimate of drug-likeness (QED) is 0.738. The molecule has 1 unspecified atom stereocenters. The van der Waals surface area contributed by atoms with Crippen molar-refractivity contribution in [3.05, 3.63) is 20.3 Å². The molecule has 1 aromatic heterocycles. The number of hydrogen-bond donors (Lipinski definition) is 1. The maximum Gasteiger partial charge on any atom is 0.0992 e. The van der Waals surface area contributed by atoms with Crippen LogP contribution in [0.5, 0.6) is 0 Å². The van der Waals surface area contributed by atoms with Gasteiger partial charge in [0.1, 0.15) is 0 Å². The standard InChI is InChI=1S/C14H21Cl2NS/c1-3-8-17-12(14(2)6-4-5-7-14)10-9-11(15)18-13(10)16/h9,12,17H,3-8H2,1-2H3. The Morgan fingerprint density at radius 2 is 2.06 bits per heavy atom. The van der Waals surface area contributed by atoms with Crippen molar-refractivity contribution in [2.75, 3.05) is 6.54 Å². The number of thiophene rings is 1. The Kier molecular flexibility index (Phi) is 4.99. The van der Waals surface area contributed by atoms with Gasteiger partial charge in [0.15, 0.2) is 0 Å². The summed E-state index contributed by atoms with van der Waals surface area (Å²) in [6.07, 6.45) is 6.35. The average molecular weight is 306 g/mol. The molecular weight excluding hydrogens is 285 g/mol. The van der Waals surface area contributed by atoms with Crippen LogP contribution >= 0.6 is 34.5 Å². The second kappa shape index (κ2) is 6.13. The predicted octanol–water partition coefficient (Wildman–Crippen LogP) is 5.68. The molecule has 1 heterocycles. The minimum Gasteiger partial charge on any atom is -0.309 e. The molecule has 0 aromatic carbocycles. The summed E-state index contributed by atoms with van der Waals surface area (Å²) in [6.45, 7) is 5.61. The second-order valence-corrected chi connectivity index (χ2v) is 7.81. The highest BCUT2D eigenvalue weighted by Gasteiger charge is 2.38. The summed E-state index contributed by atoms with van der Waals surface area (Å²) in [5, 5.41) is 3.69. The summed E-state index contributed by atoms with van der Waals surface area (Å²) in [7, 11) is 0. The molecule has 18 heavy (non-hydrogen) atoms. The molecule has 0 saturated heterocycles. The smallest absolute Gasteiger partial charge is 0.0992 e. The molecule has 1 aliphatic carbocycles. The molecule has 0 bridgehead atoms. The lowest BCUT2D eigenvalue weighted by atomic mass is 9.78. The van der Waals surface area contributed by atoms with Gasteiger partial charge in [0.2, 0.25) is 0 Å². The average Bonchev–Trinajstić information content (AvgIpc) is 2.87. The summed E-state index contributed by atoms with van der Waals surface area (Å²) < 4.78 is 1.64. The minimum atomic E-state index is 0.323. The third-order valence-corrected chi connectivity index (χ3v) is 5.55. The Morgan fingerprint density at radius 3 is 2.56 bits per heavy atom. The van der Waals surface area contributed by atoms with Crippen molar-refractivity contribution in [1.82, 2.24) is 5.32 Å². The fraction of sp³-hybridized carbons (Fsp3) is 0.714. The summed E-state index contributed by atoms with van der Waals surface area (Å²) in [4.78, 5) is 0. The van der Waals surface area contributed by atoms with E-state index in [0.717, 1.165) is 21.6 Å². The fourth-order valence-electron chi connectivity index (χ4n) is 3.04. The van der Waals surface area contributed by atoms with Gasteiger partial charge in [-0.15, -0.1) is 11.3 Å². The van der Waals surface area contributed by atoms with E-state index in [9.17, 15) is 0 Å². The Morgan fingerprint density at radius 1 is 1.39 bits per heavy atom. The van der Waals surface area contributed by atoms with Gasteiger partial charge >= 0.3 is 0 Å². The van der Waals surface area contributed by atoms with Gasteiger partial charge in [-0.05, 0) is 37.3 Å². The van der Waals surface area contributed by atoms with Crippen molar-refractivity contribution in [3.63, 3.8) is 0 Å². The monoisotopic (exact) mass is 305 g/mol. The summed E-state index contributed by atoms with van der Waals surface area (Å²) >= 11 is 13.9. The van der Waals surface area contributed by atoms with Crippen LogP contribution in [-0.4, -0.2) is 6.54 Å². The molecule has 1 aliphatic rings. The largest absolute Gasteiger partial charge is 0.309 e. The highest BCUT2D eigenvalue weighted by molar-refractivity contribution is 7.20. The molecular formula is C14H21Cl2NS. The summed E-state index contributed by atoms with van der Waals surface area (Å²) in [5.41, 5.74) is 1.52. The van der Waals surface area contributed by atoms with E-state index in [1.54, 1.807) is 0 Å². The van der Waals surface area contributed by atoms with Gasteiger partial charge in [0.25, 0.3) is 0 Å². The number of hydrogen-bond acceptors (Lipinski definition) is 2. The zero-order valence-corrected chi connectivity index (χ0v) is 13.4. The molecule has 4 heteroatoms. The van der Waals surface area contributed by atoms with Crippen LogP contribution < -0.4 is 5.32 Å². The van der Waals surface area contributed by atoms with E-state index >= 15 is 0 Å². The molecule has 2 rings (SSSR count). The van der Waals surface area contributed by atoms with Crippen molar-refractivity contribution in [3.8, 4) is 0 Å². The van der Waals surface area contributed by atoms with E-state index in [1.807, 2.05) is 6.07 Å². The minimum absolute atomic E-state index is 0.323. The zero-order valence-electron chi connectivity index (χ0n) is 11.1. The molecule has 0 radical (unpaired) electrons. The van der Waals surface area contributed by atoms with Gasteiger partial charge in [-0.2, -0.15) is 0 Å². The summed E-state index contributed by atoms with van der Waals surface area (Å²) in [5.74, 6) is 0. The van der Waals surface area contributed by atoms with Gasteiger partial charge < -0.3 is 5.32 Å². The van der Waals surface area contributed by atoms with Gasteiger partial charge in [0, 0.05) is 11.6 Å². The number of rotatable bonds is 5. The third kappa shape index (κ3) is 3.04. The first-order chi connectivity index (χ1) is 8.57. The first-order valence-corrected chi connectivity index (χ1v) is 8.32. The maximum absolute atomic E-state index is 6.35. The molecule has 1 N–H and O–H groups in total. The Bertz CT molecular complexity index is 396. The second-order valence-electron chi connectivity index (χ2n) is 5.53. The van der Waals surface area contributed by atoms with Crippen molar-refractivity contribution >= 4 is 34.5 Å². The van der Waals surface area contributed by atoms with Crippen molar-refractivity contribution in [1.29, 1.82) is 0 Å². The Labute approximate surface area is 124 Å².